The van der Waals surface area contributed by atoms with Crippen LogP contribution in [-0.4, -0.2) is 0 Å². The molecule has 66 heavy (non-hydrogen) atoms. The Labute approximate surface area is 397 Å². The number of anilines is 4. The van der Waals surface area contributed by atoms with Gasteiger partial charge >= 0.3 is 0 Å². The van der Waals surface area contributed by atoms with Gasteiger partial charge in [0.25, 0.3) is 0 Å². The first-order valence-corrected chi connectivity index (χ1v) is 23.4. The van der Waals surface area contributed by atoms with Crippen molar-refractivity contribution in [2.75, 3.05) is 9.80 Å². The Bertz CT molecular complexity index is 2560. The van der Waals surface area contributed by atoms with Gasteiger partial charge < -0.3 is 14.5 Å². The minimum Gasteiger partial charge on any atom is -0.458 e. The summed E-state index contributed by atoms with van der Waals surface area (Å²) in [7, 11) is 0. The summed E-state index contributed by atoms with van der Waals surface area (Å²) in [5.74, 6) is 1.63. The molecule has 336 valence electrons. The fraction of sp³-hybridized carbons (Fsp3) is 0.143. The van der Waals surface area contributed by atoms with E-state index in [2.05, 4.69) is 200 Å². The van der Waals surface area contributed by atoms with Crippen LogP contribution in [0.5, 0.6) is 5.75 Å². The van der Waals surface area contributed by atoms with Crippen LogP contribution < -0.4 is 14.5 Å². The van der Waals surface area contributed by atoms with E-state index in [9.17, 15) is 0 Å². The van der Waals surface area contributed by atoms with Crippen molar-refractivity contribution < 1.29 is 4.74 Å². The Morgan fingerprint density at radius 3 is 1.67 bits per heavy atom. The summed E-state index contributed by atoms with van der Waals surface area (Å²) < 4.78 is 6.16. The molecule has 0 aromatic heterocycles. The summed E-state index contributed by atoms with van der Waals surface area (Å²) in [5.41, 5.74) is 12.2. The second-order valence-electron chi connectivity index (χ2n) is 14.2. The third kappa shape index (κ3) is 15.0. The van der Waals surface area contributed by atoms with Crippen molar-refractivity contribution in [3.05, 3.63) is 278 Å². The quantitative estimate of drug-likeness (QED) is 0.0902. The monoisotopic (exact) mass is 869 g/mol. The van der Waals surface area contributed by atoms with Gasteiger partial charge in [-0.25, -0.2) is 0 Å². The molecule has 0 amide bonds. The van der Waals surface area contributed by atoms with Crippen LogP contribution in [0.3, 0.4) is 0 Å². The highest BCUT2D eigenvalue weighted by molar-refractivity contribution is 5.79. The molecule has 6 aromatic rings. The zero-order valence-electron chi connectivity index (χ0n) is 40.1. The molecule has 0 aliphatic heterocycles. The number of hydrogen-bond acceptors (Lipinski definition) is 3. The van der Waals surface area contributed by atoms with Crippen LogP contribution in [0.15, 0.2) is 273 Å². The molecule has 3 heteroatoms. The molecule has 0 unspecified atom stereocenters. The lowest BCUT2D eigenvalue weighted by atomic mass is 10.0. The highest BCUT2D eigenvalue weighted by Crippen LogP contribution is 2.36. The zero-order chi connectivity index (χ0) is 47.4. The van der Waals surface area contributed by atoms with Crippen molar-refractivity contribution in [1.29, 1.82) is 0 Å². The van der Waals surface area contributed by atoms with E-state index in [0.29, 0.717) is 6.42 Å². The van der Waals surface area contributed by atoms with Gasteiger partial charge in [-0.2, -0.15) is 0 Å². The Morgan fingerprint density at radius 1 is 0.576 bits per heavy atom. The van der Waals surface area contributed by atoms with Crippen LogP contribution in [0.1, 0.15) is 66.9 Å². The topological polar surface area (TPSA) is 15.7 Å². The minimum atomic E-state index is 0.708. The van der Waals surface area contributed by atoms with E-state index in [1.807, 2.05) is 108 Å². The second kappa shape index (κ2) is 28.9. The summed E-state index contributed by atoms with van der Waals surface area (Å²) >= 11 is 0. The third-order valence-electron chi connectivity index (χ3n) is 10.1. The Kier molecular flexibility index (Phi) is 22.4. The summed E-state index contributed by atoms with van der Waals surface area (Å²) in [6.07, 6.45) is 24.4. The number of rotatable bonds is 16. The molecule has 0 fully saturated rings. The average molecular weight is 869 g/mol. The Balaban J connectivity index is 0.00000152. The van der Waals surface area contributed by atoms with Crippen molar-refractivity contribution in [2.24, 2.45) is 0 Å². The number of hydrogen-bond donors (Lipinski definition) is 0. The van der Waals surface area contributed by atoms with Gasteiger partial charge in [0.1, 0.15) is 11.5 Å². The van der Waals surface area contributed by atoms with Gasteiger partial charge in [-0.15, -0.1) is 0 Å². The lowest BCUT2D eigenvalue weighted by molar-refractivity contribution is 0.443. The van der Waals surface area contributed by atoms with Gasteiger partial charge in [0, 0.05) is 34.1 Å². The maximum absolute atomic E-state index is 6.16. The molecule has 0 radical (unpaired) electrons. The first-order valence-electron chi connectivity index (χ1n) is 23.4. The van der Waals surface area contributed by atoms with Gasteiger partial charge in [0.2, 0.25) is 0 Å². The lowest BCUT2D eigenvalue weighted by Gasteiger charge is -2.27. The first kappa shape index (κ1) is 51.0. The summed E-state index contributed by atoms with van der Waals surface area (Å²) in [6.45, 7) is 22.4. The van der Waals surface area contributed by atoms with Crippen molar-refractivity contribution in [3.8, 4) is 16.9 Å². The number of allylic oxidation sites excluding steroid dienone is 13. The predicted octanol–water partition coefficient (Wildman–Crippen LogP) is 18.7. The molecule has 0 heterocycles. The van der Waals surface area contributed by atoms with E-state index in [1.165, 1.54) is 11.1 Å². The van der Waals surface area contributed by atoms with Crippen molar-refractivity contribution in [2.45, 2.75) is 61.3 Å². The smallest absolute Gasteiger partial charge is 0.127 e. The van der Waals surface area contributed by atoms with Crippen LogP contribution in [-0.2, 0) is 0 Å². The molecular weight excluding hydrogens is 801 g/mol. The molecule has 0 spiro atoms. The molecule has 0 bridgehead atoms. The fourth-order valence-corrected chi connectivity index (χ4v) is 7.10. The lowest BCUT2D eigenvalue weighted by Crippen LogP contribution is -2.19. The molecule has 3 nitrogen and oxygen atoms in total. The standard InChI is InChI=1S/C57H50N2O.3C2H6/c1-4-21-46(22-18-19-25-50(5-2)58(51-26-12-7-13-27-51)53-30-20-33-57(43-42-53)60-56-31-16-9-17-32-56)44-45(3)47-34-38-54(39-35-47)59(52-28-14-8-15-29-52)55-40-36-49(37-41-55)48-23-10-6-11-24-48;3*1-2/h4-18,21-44H,1-2,19-20H2,3H3;3*1-2H3/b22-18?,45-44+,46-21-,50-25+;;;. The number of para-hydroxylation sites is 3. The second-order valence-corrected chi connectivity index (χ2v) is 14.2. The maximum Gasteiger partial charge on any atom is 0.127 e. The fourth-order valence-electron chi connectivity index (χ4n) is 7.10. The molecule has 0 atom stereocenters. The van der Waals surface area contributed by atoms with E-state index in [4.69, 9.17) is 4.74 Å². The van der Waals surface area contributed by atoms with Crippen LogP contribution in [0.2, 0.25) is 0 Å². The Morgan fingerprint density at radius 2 is 1.09 bits per heavy atom. The van der Waals surface area contributed by atoms with Crippen molar-refractivity contribution in [1.82, 2.24) is 0 Å². The number of benzene rings is 6. The minimum absolute atomic E-state index is 0.708. The molecule has 6 aromatic carbocycles. The van der Waals surface area contributed by atoms with Gasteiger partial charge in [-0.1, -0.05) is 206 Å². The van der Waals surface area contributed by atoms with E-state index in [0.717, 1.165) is 68.8 Å². The van der Waals surface area contributed by atoms with E-state index in [-0.39, 0.29) is 0 Å². The summed E-state index contributed by atoms with van der Waals surface area (Å²) in [5, 5.41) is 0. The molecule has 1 aliphatic rings. The Hall–Kier alpha value is -7.62. The van der Waals surface area contributed by atoms with E-state index >= 15 is 0 Å². The normalized spacial score (nSPS) is 12.3. The van der Waals surface area contributed by atoms with Crippen molar-refractivity contribution >= 4 is 28.3 Å². The first-order chi connectivity index (χ1) is 32.6. The highest BCUT2D eigenvalue weighted by Gasteiger charge is 2.15. The number of ether oxygens (including phenoxy) is 1. The highest BCUT2D eigenvalue weighted by atomic mass is 16.5. The largest absolute Gasteiger partial charge is 0.458 e. The SMILES string of the molecule is C=C/C=C(C=CC/C=C(\C=C)N(C1=CCC=C(Oc2ccccc2)C=C1)c1ccccc1)\C=C(/C)c1ccc(N(c2ccccc2)c2ccc(-c3ccccc3)cc2)cc1.CC.CC.CC. The third-order valence-corrected chi connectivity index (χ3v) is 10.1. The van der Waals surface area contributed by atoms with Crippen LogP contribution in [0, 0.1) is 0 Å². The molecule has 1 aliphatic carbocycles. The molecular formula is C63H68N2O. The molecule has 0 saturated heterocycles. The van der Waals surface area contributed by atoms with Gasteiger partial charge in [0.05, 0.1) is 0 Å². The summed E-state index contributed by atoms with van der Waals surface area (Å²) in [4.78, 5) is 4.54. The number of nitrogens with zero attached hydrogens (tertiary/aromatic N) is 2. The molecule has 7 rings (SSSR count). The van der Waals surface area contributed by atoms with Crippen LogP contribution >= 0.6 is 0 Å². The predicted molar refractivity (Wildman–Crippen MR) is 290 cm³/mol. The maximum atomic E-state index is 6.16. The summed E-state index contributed by atoms with van der Waals surface area (Å²) in [6, 6.07) is 58.9. The molecule has 0 saturated carbocycles. The van der Waals surface area contributed by atoms with Gasteiger partial charge in [0.15, 0.2) is 0 Å². The van der Waals surface area contributed by atoms with Crippen LogP contribution in [0.25, 0.3) is 16.7 Å². The zero-order valence-corrected chi connectivity index (χ0v) is 40.1. The molecule has 0 N–H and O–H groups in total. The van der Waals surface area contributed by atoms with Gasteiger partial charge in [-0.05, 0) is 133 Å². The van der Waals surface area contributed by atoms with Crippen molar-refractivity contribution in [3.63, 3.8) is 0 Å². The average Bonchev–Trinajstić information content (AvgIpc) is 3.63. The van der Waals surface area contributed by atoms with E-state index < -0.39 is 0 Å². The van der Waals surface area contributed by atoms with Crippen LogP contribution in [0.4, 0.5) is 22.7 Å². The van der Waals surface area contributed by atoms with E-state index in [1.54, 1.807) is 0 Å². The van der Waals surface area contributed by atoms with Gasteiger partial charge in [-0.3, -0.25) is 0 Å².